The molecule has 0 saturated heterocycles. The fourth-order valence-electron chi connectivity index (χ4n) is 4.47. The van der Waals surface area contributed by atoms with Crippen molar-refractivity contribution in [2.45, 2.75) is 25.2 Å². The molecule has 4 heteroatoms. The van der Waals surface area contributed by atoms with Crippen LogP contribution in [0.1, 0.15) is 52.2 Å². The van der Waals surface area contributed by atoms with Crippen molar-refractivity contribution in [2.24, 2.45) is 5.92 Å². The van der Waals surface area contributed by atoms with Crippen LogP contribution in [0.25, 0.3) is 17.2 Å². The Bertz CT molecular complexity index is 1150. The van der Waals surface area contributed by atoms with Crippen LogP contribution in [0.3, 0.4) is 0 Å². The molecule has 1 saturated carbocycles. The lowest BCUT2D eigenvalue weighted by atomic mass is 9.98. The molecule has 3 aromatic rings. The Kier molecular flexibility index (Phi) is 6.07. The van der Waals surface area contributed by atoms with Gasteiger partial charge in [0.25, 0.3) is 0 Å². The topological polar surface area (TPSA) is 55.4 Å². The van der Waals surface area contributed by atoms with Crippen molar-refractivity contribution in [1.82, 2.24) is 5.32 Å². The van der Waals surface area contributed by atoms with Crippen LogP contribution in [0.4, 0.5) is 4.79 Å². The smallest absolute Gasteiger partial charge is 0.407 e. The van der Waals surface area contributed by atoms with Gasteiger partial charge in [0.15, 0.2) is 5.78 Å². The third-order valence-corrected chi connectivity index (χ3v) is 6.38. The summed E-state index contributed by atoms with van der Waals surface area (Å²) < 4.78 is 5.56. The second kappa shape index (κ2) is 9.45. The summed E-state index contributed by atoms with van der Waals surface area (Å²) in [5.41, 5.74) is 6.70. The molecule has 0 radical (unpaired) electrons. The molecule has 0 atom stereocenters. The van der Waals surface area contributed by atoms with Gasteiger partial charge in [-0.3, -0.25) is 4.79 Å². The molecule has 5 rings (SSSR count). The highest BCUT2D eigenvalue weighted by molar-refractivity contribution is 5.99. The quantitative estimate of drug-likeness (QED) is 0.336. The lowest BCUT2D eigenvalue weighted by molar-refractivity contribution is 0.0967. The van der Waals surface area contributed by atoms with E-state index >= 15 is 0 Å². The van der Waals surface area contributed by atoms with E-state index in [1.54, 1.807) is 0 Å². The van der Waals surface area contributed by atoms with Gasteiger partial charge in [-0.25, -0.2) is 4.79 Å². The minimum Gasteiger partial charge on any atom is -0.449 e. The summed E-state index contributed by atoms with van der Waals surface area (Å²) in [4.78, 5) is 24.3. The molecule has 1 fully saturated rings. The zero-order valence-corrected chi connectivity index (χ0v) is 18.5. The van der Waals surface area contributed by atoms with E-state index in [1.807, 2.05) is 60.7 Å². The van der Waals surface area contributed by atoms with Gasteiger partial charge in [-0.15, -0.1) is 0 Å². The molecule has 0 aliphatic heterocycles. The number of ether oxygens (including phenoxy) is 1. The van der Waals surface area contributed by atoms with Crippen LogP contribution in [-0.2, 0) is 4.74 Å². The van der Waals surface area contributed by atoms with Crippen molar-refractivity contribution < 1.29 is 14.3 Å². The third kappa shape index (κ3) is 4.75. The molecule has 2 aliphatic carbocycles. The van der Waals surface area contributed by atoms with Gasteiger partial charge in [-0.1, -0.05) is 84.9 Å². The summed E-state index contributed by atoms with van der Waals surface area (Å²) in [6.07, 6.45) is 6.38. The van der Waals surface area contributed by atoms with Crippen LogP contribution in [-0.4, -0.2) is 25.0 Å². The molecule has 3 aromatic carbocycles. The number of alkyl carbamates (subject to hydrolysis) is 1. The van der Waals surface area contributed by atoms with Gasteiger partial charge in [-0.2, -0.15) is 0 Å². The predicted molar refractivity (Wildman–Crippen MR) is 130 cm³/mol. The van der Waals surface area contributed by atoms with Crippen molar-refractivity contribution in [3.63, 3.8) is 0 Å². The average Bonchev–Trinajstić information content (AvgIpc) is 3.65. The van der Waals surface area contributed by atoms with Crippen molar-refractivity contribution in [1.29, 1.82) is 0 Å². The maximum Gasteiger partial charge on any atom is 0.407 e. The zero-order valence-electron chi connectivity index (χ0n) is 18.5. The number of carbonyl (C=O) groups excluding carboxylic acids is 2. The van der Waals surface area contributed by atoms with Crippen molar-refractivity contribution in [3.05, 3.63) is 101 Å². The molecule has 2 aliphatic rings. The van der Waals surface area contributed by atoms with Crippen LogP contribution in [0.15, 0.2) is 78.9 Å². The summed E-state index contributed by atoms with van der Waals surface area (Å²) in [6.45, 7) is 0.826. The summed E-state index contributed by atoms with van der Waals surface area (Å²) in [7, 11) is 0. The van der Waals surface area contributed by atoms with Crippen LogP contribution in [0.2, 0.25) is 0 Å². The zero-order chi connectivity index (χ0) is 22.6. The van der Waals surface area contributed by atoms with E-state index in [4.69, 9.17) is 4.74 Å². The molecule has 0 heterocycles. The minimum absolute atomic E-state index is 0.0674. The number of amides is 1. The maximum atomic E-state index is 12.2. The molecule has 4 nitrogen and oxygen atoms in total. The first-order valence-electron chi connectivity index (χ1n) is 11.6. The monoisotopic (exact) mass is 437 g/mol. The van der Waals surface area contributed by atoms with E-state index in [9.17, 15) is 9.59 Å². The normalized spacial score (nSPS) is 14.7. The number of benzene rings is 3. The van der Waals surface area contributed by atoms with E-state index in [0.717, 1.165) is 24.0 Å². The Morgan fingerprint density at radius 1 is 0.879 bits per heavy atom. The van der Waals surface area contributed by atoms with Crippen LogP contribution in [0.5, 0.6) is 0 Å². The number of Topliss-reactive ketones (excluding diaryl/α,β-unsaturated/α-hetero) is 1. The Balaban J connectivity index is 1.08. The second-order valence-corrected chi connectivity index (χ2v) is 8.70. The van der Waals surface area contributed by atoms with Crippen LogP contribution in [0, 0.1) is 5.92 Å². The van der Waals surface area contributed by atoms with Crippen molar-refractivity contribution >= 4 is 18.0 Å². The third-order valence-electron chi connectivity index (χ3n) is 6.38. The maximum absolute atomic E-state index is 12.2. The van der Waals surface area contributed by atoms with Gasteiger partial charge >= 0.3 is 6.09 Å². The highest BCUT2D eigenvalue weighted by atomic mass is 16.5. The minimum atomic E-state index is -0.395. The Morgan fingerprint density at radius 3 is 2.15 bits per heavy atom. The van der Waals surface area contributed by atoms with Crippen molar-refractivity contribution in [3.8, 4) is 11.1 Å². The van der Waals surface area contributed by atoms with Crippen LogP contribution < -0.4 is 5.32 Å². The number of hydrogen-bond acceptors (Lipinski definition) is 3. The van der Waals surface area contributed by atoms with Gasteiger partial charge in [0.2, 0.25) is 0 Å². The molecule has 0 spiro atoms. The fourth-order valence-corrected chi connectivity index (χ4v) is 4.47. The molecule has 0 aromatic heterocycles. The van der Waals surface area contributed by atoms with E-state index < -0.39 is 6.09 Å². The first-order valence-corrected chi connectivity index (χ1v) is 11.6. The standard InChI is InChI=1S/C29H27NO3/c31-28(22-16-17-22)21-14-12-20(13-15-21)7-5-6-18-30-29(32)33-19-27-25-10-3-1-8-23(25)24-9-2-4-11-26(24)27/h1-5,7-15,22,27H,6,16-19H2,(H,30,32). The number of fused-ring (bicyclic) bond motifs is 3. The summed E-state index contributed by atoms with van der Waals surface area (Å²) >= 11 is 0. The Labute approximate surface area is 194 Å². The number of nitrogens with one attached hydrogen (secondary N) is 1. The lowest BCUT2D eigenvalue weighted by Gasteiger charge is -2.14. The molecule has 0 bridgehead atoms. The summed E-state index contributed by atoms with van der Waals surface area (Å²) in [5, 5.41) is 2.83. The molecular weight excluding hydrogens is 410 g/mol. The van der Waals surface area contributed by atoms with Gasteiger partial charge < -0.3 is 10.1 Å². The van der Waals surface area contributed by atoms with Gasteiger partial charge in [0, 0.05) is 23.9 Å². The van der Waals surface area contributed by atoms with E-state index in [1.165, 1.54) is 22.3 Å². The number of ketones is 1. The summed E-state index contributed by atoms with van der Waals surface area (Å²) in [5.74, 6) is 0.575. The van der Waals surface area contributed by atoms with E-state index in [-0.39, 0.29) is 17.6 Å². The van der Waals surface area contributed by atoms with Gasteiger partial charge in [0.05, 0.1) is 0 Å². The Morgan fingerprint density at radius 2 is 1.52 bits per heavy atom. The van der Waals surface area contributed by atoms with Gasteiger partial charge in [-0.05, 0) is 47.1 Å². The van der Waals surface area contributed by atoms with Crippen molar-refractivity contribution in [2.75, 3.05) is 13.2 Å². The van der Waals surface area contributed by atoms with E-state index in [0.29, 0.717) is 19.6 Å². The average molecular weight is 438 g/mol. The molecule has 1 amide bonds. The number of hydrogen-bond donors (Lipinski definition) is 1. The predicted octanol–water partition coefficient (Wildman–Crippen LogP) is 6.22. The number of rotatable bonds is 8. The highest BCUT2D eigenvalue weighted by Gasteiger charge is 2.30. The lowest BCUT2D eigenvalue weighted by Crippen LogP contribution is -2.26. The SMILES string of the molecule is O=C(NCCC=Cc1ccc(C(=O)C2CC2)cc1)OCC1c2ccccc2-c2ccccc21. The van der Waals surface area contributed by atoms with Gasteiger partial charge in [0.1, 0.15) is 6.61 Å². The summed E-state index contributed by atoms with van der Waals surface area (Å²) in [6, 6.07) is 24.3. The highest BCUT2D eigenvalue weighted by Crippen LogP contribution is 2.44. The molecule has 0 unspecified atom stereocenters. The second-order valence-electron chi connectivity index (χ2n) is 8.70. The number of carbonyl (C=O) groups is 2. The molecule has 33 heavy (non-hydrogen) atoms. The first kappa shape index (κ1) is 21.2. The molecule has 1 N–H and O–H groups in total. The first-order chi connectivity index (χ1) is 16.2. The molecule has 166 valence electrons. The van der Waals surface area contributed by atoms with E-state index in [2.05, 4.69) is 29.6 Å². The largest absolute Gasteiger partial charge is 0.449 e. The fraction of sp³-hybridized carbons (Fsp3) is 0.241. The van der Waals surface area contributed by atoms with Crippen LogP contribution >= 0.6 is 0 Å². The molecular formula is C29H27NO3. The Hall–Kier alpha value is -3.66.